The molecule has 1 atom stereocenters. The predicted molar refractivity (Wildman–Crippen MR) is 106 cm³/mol. The summed E-state index contributed by atoms with van der Waals surface area (Å²) in [6.07, 6.45) is 0. The summed E-state index contributed by atoms with van der Waals surface area (Å²) < 4.78 is 5.55. The fourth-order valence-corrected chi connectivity index (χ4v) is 3.40. The lowest BCUT2D eigenvalue weighted by Gasteiger charge is -2.19. The molecule has 136 valence electrons. The second kappa shape index (κ2) is 6.31. The number of nitrogens with one attached hydrogen (secondary N) is 3. The molecule has 7 nitrogen and oxygen atoms in total. The van der Waals surface area contributed by atoms with Crippen molar-refractivity contribution < 1.29 is 9.21 Å². The lowest BCUT2D eigenvalue weighted by Crippen LogP contribution is -2.37. The Kier molecular flexibility index (Phi) is 4.07. The topological polar surface area (TPSA) is 100 Å². The van der Waals surface area contributed by atoms with Gasteiger partial charge < -0.3 is 20.4 Å². The van der Waals surface area contributed by atoms with Gasteiger partial charge in [0.1, 0.15) is 30.7 Å². The van der Waals surface area contributed by atoms with Crippen LogP contribution in [-0.4, -0.2) is 13.8 Å². The summed E-state index contributed by atoms with van der Waals surface area (Å²) in [5.74, 6) is 0.826. The number of hydrogen-bond donors (Lipinski definition) is 3. The largest absolute Gasteiger partial charge is 0.465 e. The number of fused-ring (bicyclic) bond motifs is 1. The number of anilines is 3. The first-order chi connectivity index (χ1) is 12.9. The van der Waals surface area contributed by atoms with Crippen LogP contribution < -0.4 is 26.8 Å². The molecule has 1 aromatic heterocycles. The van der Waals surface area contributed by atoms with Crippen LogP contribution in [0.1, 0.15) is 33.4 Å². The number of amides is 1. The van der Waals surface area contributed by atoms with Gasteiger partial charge in [0, 0.05) is 17.1 Å². The smallest absolute Gasteiger partial charge is 0.254 e. The monoisotopic (exact) mass is 383 g/mol. The number of carbonyl (C=O) groups excluding carboxylic acids is 1. The molecule has 2 heterocycles. The van der Waals surface area contributed by atoms with Crippen molar-refractivity contribution in [1.82, 2.24) is 5.32 Å². The van der Waals surface area contributed by atoms with Crippen LogP contribution in [0.3, 0.4) is 0 Å². The maximum atomic E-state index is 12.1. The molecule has 1 aliphatic rings. The lowest BCUT2D eigenvalue weighted by molar-refractivity contribution is 0.0966. The zero-order valence-corrected chi connectivity index (χ0v) is 15.4. The molecule has 1 aliphatic heterocycles. The molecule has 9 heteroatoms. The fourth-order valence-electron chi connectivity index (χ4n) is 3.17. The highest BCUT2D eigenvalue weighted by Gasteiger charge is 2.28. The molecular weight excluding hydrogens is 368 g/mol. The molecule has 3 aromatic rings. The highest BCUT2D eigenvalue weighted by Crippen LogP contribution is 2.33. The molecular formula is C18H15BClN3O4. The zero-order chi connectivity index (χ0) is 19.3. The van der Waals surface area contributed by atoms with Gasteiger partial charge >= 0.3 is 0 Å². The standard InChI is InChI=1S/C18H15BClN3O4/c1-7-2-5-11(27-7)17(19)23-14-13(15(24)16(14)25)22-10-4-3-9(20)8-6-21-18(26)12(8)10/h2-5,17,22-23H,6,19H2,1H3,(H,21,26). The number of halogens is 1. The van der Waals surface area contributed by atoms with Crippen molar-refractivity contribution in [1.29, 1.82) is 0 Å². The molecule has 2 aromatic carbocycles. The van der Waals surface area contributed by atoms with E-state index in [0.29, 0.717) is 34.1 Å². The van der Waals surface area contributed by atoms with E-state index in [1.165, 1.54) is 0 Å². The lowest BCUT2D eigenvalue weighted by atomic mass is 9.93. The summed E-state index contributed by atoms with van der Waals surface area (Å²) in [6.45, 7) is 2.15. The van der Waals surface area contributed by atoms with Gasteiger partial charge in [-0.15, -0.1) is 0 Å². The Hall–Kier alpha value is -3.00. The highest BCUT2D eigenvalue weighted by molar-refractivity contribution is 6.32. The van der Waals surface area contributed by atoms with Gasteiger partial charge in [-0.3, -0.25) is 14.4 Å². The Morgan fingerprint density at radius 3 is 2.59 bits per heavy atom. The Morgan fingerprint density at radius 1 is 1.15 bits per heavy atom. The van der Waals surface area contributed by atoms with E-state index < -0.39 is 10.9 Å². The van der Waals surface area contributed by atoms with Crippen LogP contribution in [0.25, 0.3) is 0 Å². The number of carbonyl (C=O) groups is 1. The molecule has 0 saturated carbocycles. The van der Waals surface area contributed by atoms with Crippen molar-refractivity contribution in [2.75, 3.05) is 10.6 Å². The fraction of sp³-hybridized carbons (Fsp3) is 0.167. The van der Waals surface area contributed by atoms with Crippen molar-refractivity contribution in [2.45, 2.75) is 19.4 Å². The molecule has 1 unspecified atom stereocenters. The number of rotatable bonds is 5. The summed E-state index contributed by atoms with van der Waals surface area (Å²) in [5, 5.41) is 9.11. The van der Waals surface area contributed by atoms with Crippen molar-refractivity contribution in [3.05, 3.63) is 72.4 Å². The van der Waals surface area contributed by atoms with E-state index in [2.05, 4.69) is 16.0 Å². The average Bonchev–Trinajstić information content (AvgIpc) is 3.26. The van der Waals surface area contributed by atoms with Gasteiger partial charge in [-0.05, 0) is 31.2 Å². The van der Waals surface area contributed by atoms with E-state index >= 15 is 0 Å². The van der Waals surface area contributed by atoms with Crippen molar-refractivity contribution in [3.63, 3.8) is 0 Å². The second-order valence-electron chi connectivity index (χ2n) is 6.48. The van der Waals surface area contributed by atoms with Gasteiger partial charge in [-0.1, -0.05) is 11.6 Å². The Bertz CT molecular complexity index is 1150. The van der Waals surface area contributed by atoms with Gasteiger partial charge in [0.25, 0.3) is 16.8 Å². The van der Waals surface area contributed by atoms with E-state index in [1.807, 2.05) is 26.9 Å². The first-order valence-corrected chi connectivity index (χ1v) is 8.77. The molecule has 0 radical (unpaired) electrons. The van der Waals surface area contributed by atoms with Crippen LogP contribution in [0.15, 0.2) is 38.3 Å². The van der Waals surface area contributed by atoms with Gasteiger partial charge in [0.2, 0.25) is 0 Å². The van der Waals surface area contributed by atoms with Crippen LogP contribution in [0.5, 0.6) is 0 Å². The van der Waals surface area contributed by atoms with Crippen LogP contribution in [0.2, 0.25) is 5.02 Å². The summed E-state index contributed by atoms with van der Waals surface area (Å²) in [5.41, 5.74) is 0.532. The van der Waals surface area contributed by atoms with Crippen LogP contribution >= 0.6 is 11.6 Å². The SMILES string of the molecule is BC(Nc1c(Nc2ccc(Cl)c3c2C(=O)NC3)c(=O)c1=O)c1ccc(C)o1. The van der Waals surface area contributed by atoms with Crippen molar-refractivity contribution >= 4 is 42.4 Å². The van der Waals surface area contributed by atoms with E-state index in [4.69, 9.17) is 16.0 Å². The third-order valence-electron chi connectivity index (χ3n) is 4.63. The molecule has 1 amide bonds. The summed E-state index contributed by atoms with van der Waals surface area (Å²) >= 11 is 6.13. The zero-order valence-electron chi connectivity index (χ0n) is 14.6. The van der Waals surface area contributed by atoms with Crippen molar-refractivity contribution in [2.24, 2.45) is 0 Å². The average molecular weight is 384 g/mol. The Balaban J connectivity index is 1.65. The molecule has 0 spiro atoms. The number of aryl methyl sites for hydroxylation is 1. The normalized spacial score (nSPS) is 14.1. The Morgan fingerprint density at radius 2 is 1.89 bits per heavy atom. The number of hydrogen-bond acceptors (Lipinski definition) is 6. The molecule has 4 rings (SSSR count). The van der Waals surface area contributed by atoms with E-state index in [9.17, 15) is 14.4 Å². The quantitative estimate of drug-likeness (QED) is 0.457. The summed E-state index contributed by atoms with van der Waals surface area (Å²) in [7, 11) is 1.83. The minimum absolute atomic E-state index is 0.124. The van der Waals surface area contributed by atoms with Crippen LogP contribution in [-0.2, 0) is 6.54 Å². The molecule has 0 fully saturated rings. The first kappa shape index (κ1) is 17.4. The van der Waals surface area contributed by atoms with Gasteiger partial charge in [0.15, 0.2) is 0 Å². The molecule has 0 bridgehead atoms. The highest BCUT2D eigenvalue weighted by atomic mass is 35.5. The van der Waals surface area contributed by atoms with Crippen LogP contribution in [0, 0.1) is 6.92 Å². The predicted octanol–water partition coefficient (Wildman–Crippen LogP) is 1.57. The summed E-state index contributed by atoms with van der Waals surface area (Å²) in [6, 6.07) is 6.90. The summed E-state index contributed by atoms with van der Waals surface area (Å²) in [4.78, 5) is 36.2. The van der Waals surface area contributed by atoms with Crippen LogP contribution in [0.4, 0.5) is 17.1 Å². The van der Waals surface area contributed by atoms with Gasteiger partial charge in [-0.2, -0.15) is 0 Å². The Labute approximate surface area is 159 Å². The maximum Gasteiger partial charge on any atom is 0.254 e. The first-order valence-electron chi connectivity index (χ1n) is 8.39. The van der Waals surface area contributed by atoms with Gasteiger partial charge in [-0.25, -0.2) is 0 Å². The third kappa shape index (κ3) is 2.82. The molecule has 0 saturated heterocycles. The minimum atomic E-state index is -0.637. The number of furan rings is 1. The van der Waals surface area contributed by atoms with E-state index in [1.54, 1.807) is 12.1 Å². The molecule has 0 aliphatic carbocycles. The second-order valence-corrected chi connectivity index (χ2v) is 6.89. The molecule has 27 heavy (non-hydrogen) atoms. The minimum Gasteiger partial charge on any atom is -0.465 e. The third-order valence-corrected chi connectivity index (χ3v) is 4.98. The van der Waals surface area contributed by atoms with E-state index in [0.717, 1.165) is 5.76 Å². The maximum absolute atomic E-state index is 12.1. The molecule has 3 N–H and O–H groups in total. The van der Waals surface area contributed by atoms with Crippen molar-refractivity contribution in [3.8, 4) is 0 Å². The number of benzene rings is 1. The van der Waals surface area contributed by atoms with E-state index in [-0.39, 0.29) is 23.2 Å². The van der Waals surface area contributed by atoms with Gasteiger partial charge in [0.05, 0.1) is 17.2 Å².